The molecule has 0 fully saturated rings. The van der Waals surface area contributed by atoms with Gasteiger partial charge in [0.25, 0.3) is 10.0 Å². The van der Waals surface area contributed by atoms with Crippen molar-refractivity contribution in [3.63, 3.8) is 0 Å². The lowest BCUT2D eigenvalue weighted by molar-refractivity contribution is 0.580. The Kier molecular flexibility index (Phi) is 5.14. The lowest BCUT2D eigenvalue weighted by Gasteiger charge is -2.09. The van der Waals surface area contributed by atoms with Crippen molar-refractivity contribution in [2.45, 2.75) is 18.4 Å². The van der Waals surface area contributed by atoms with Crippen LogP contribution in [0, 0.1) is 6.92 Å². The molecule has 4 aromatic rings. The first kappa shape index (κ1) is 18.9. The van der Waals surface area contributed by atoms with Crippen LogP contribution in [0.2, 0.25) is 0 Å². The van der Waals surface area contributed by atoms with E-state index in [1.54, 1.807) is 30.3 Å². The molecule has 3 aromatic carbocycles. The number of aromatic nitrogens is 3. The molecule has 0 saturated heterocycles. The molecule has 0 radical (unpaired) electrons. The van der Waals surface area contributed by atoms with Crippen LogP contribution in [0.25, 0.3) is 11.4 Å². The molecule has 0 bridgehead atoms. The fourth-order valence-electron chi connectivity index (χ4n) is 2.87. The van der Waals surface area contributed by atoms with Crippen LogP contribution < -0.4 is 5.32 Å². The van der Waals surface area contributed by atoms with Crippen LogP contribution in [0.3, 0.4) is 0 Å². The summed E-state index contributed by atoms with van der Waals surface area (Å²) in [4.78, 5) is 4.63. The zero-order valence-electron chi connectivity index (χ0n) is 15.9. The summed E-state index contributed by atoms with van der Waals surface area (Å²) in [6, 6.07) is 25.6. The van der Waals surface area contributed by atoms with Gasteiger partial charge in [-0.2, -0.15) is 13.4 Å². The van der Waals surface area contributed by atoms with Crippen LogP contribution in [0.5, 0.6) is 0 Å². The van der Waals surface area contributed by atoms with Crippen molar-refractivity contribution in [1.82, 2.24) is 14.2 Å². The van der Waals surface area contributed by atoms with Crippen molar-refractivity contribution >= 4 is 16.0 Å². The summed E-state index contributed by atoms with van der Waals surface area (Å²) < 4.78 is 27.3. The first-order chi connectivity index (χ1) is 14.0. The number of benzene rings is 3. The molecule has 0 unspecified atom stereocenters. The molecule has 1 N–H and O–H groups in total. The second-order valence-corrected chi connectivity index (χ2v) is 8.39. The standard InChI is InChI=1S/C22H20N4O2S/c1-17-12-14-19(15-13-17)21-24-22(23-16-18-8-4-2-5-9-18)26(25-21)29(27,28)20-10-6-3-7-11-20/h2-15H,16H2,1H3,(H,23,24,25). The molecule has 1 heterocycles. The van der Waals surface area contributed by atoms with Gasteiger partial charge in [-0.25, -0.2) is 0 Å². The predicted molar refractivity (Wildman–Crippen MR) is 113 cm³/mol. The SMILES string of the molecule is Cc1ccc(-c2nc(NCc3ccccc3)n(S(=O)(=O)c3ccccc3)n2)cc1. The van der Waals surface area contributed by atoms with Crippen LogP contribution in [-0.2, 0) is 16.6 Å². The second kappa shape index (κ2) is 7.89. The lowest BCUT2D eigenvalue weighted by atomic mass is 10.1. The van der Waals surface area contributed by atoms with Crippen molar-refractivity contribution in [3.8, 4) is 11.4 Å². The normalized spacial score (nSPS) is 11.3. The number of anilines is 1. The van der Waals surface area contributed by atoms with Crippen molar-refractivity contribution in [2.75, 3.05) is 5.32 Å². The first-order valence-corrected chi connectivity index (χ1v) is 10.6. The summed E-state index contributed by atoms with van der Waals surface area (Å²) in [6.07, 6.45) is 0. The average Bonchev–Trinajstić information content (AvgIpc) is 3.19. The Hall–Kier alpha value is -3.45. The first-order valence-electron chi connectivity index (χ1n) is 9.16. The molecule has 29 heavy (non-hydrogen) atoms. The van der Waals surface area contributed by atoms with Crippen LogP contribution >= 0.6 is 0 Å². The fraction of sp³-hybridized carbons (Fsp3) is 0.0909. The summed E-state index contributed by atoms with van der Waals surface area (Å²) >= 11 is 0. The molecule has 0 spiro atoms. The zero-order valence-corrected chi connectivity index (χ0v) is 16.7. The van der Waals surface area contributed by atoms with Crippen molar-refractivity contribution in [1.29, 1.82) is 0 Å². The van der Waals surface area contributed by atoms with Crippen LogP contribution in [0.4, 0.5) is 5.95 Å². The van der Waals surface area contributed by atoms with E-state index in [0.29, 0.717) is 12.4 Å². The number of nitrogens with zero attached hydrogens (tertiary/aromatic N) is 3. The number of nitrogens with one attached hydrogen (secondary N) is 1. The molecular weight excluding hydrogens is 384 g/mol. The Bertz CT molecular complexity index is 1200. The molecule has 0 amide bonds. The van der Waals surface area contributed by atoms with E-state index in [-0.39, 0.29) is 10.8 Å². The summed E-state index contributed by atoms with van der Waals surface area (Å²) in [5.41, 5.74) is 2.86. The molecule has 0 atom stereocenters. The highest BCUT2D eigenvalue weighted by Crippen LogP contribution is 2.23. The quantitative estimate of drug-likeness (QED) is 0.523. The van der Waals surface area contributed by atoms with Crippen molar-refractivity contribution in [2.24, 2.45) is 0 Å². The Labute approximate surface area is 169 Å². The minimum Gasteiger partial charge on any atom is -0.349 e. The Balaban J connectivity index is 1.76. The van der Waals surface area contributed by atoms with E-state index in [9.17, 15) is 8.42 Å². The Morgan fingerprint density at radius 3 is 2.14 bits per heavy atom. The topological polar surface area (TPSA) is 76.9 Å². The molecule has 0 aliphatic carbocycles. The third-order valence-corrected chi connectivity index (χ3v) is 6.03. The fourth-order valence-corrected chi connectivity index (χ4v) is 4.09. The van der Waals surface area contributed by atoms with Gasteiger partial charge in [-0.1, -0.05) is 78.4 Å². The summed E-state index contributed by atoms with van der Waals surface area (Å²) in [6.45, 7) is 2.42. The lowest BCUT2D eigenvalue weighted by Crippen LogP contribution is -2.18. The minimum atomic E-state index is -3.89. The number of hydrogen-bond donors (Lipinski definition) is 1. The van der Waals surface area contributed by atoms with Gasteiger partial charge < -0.3 is 5.32 Å². The number of aryl methyl sites for hydroxylation is 1. The smallest absolute Gasteiger partial charge is 0.286 e. The van der Waals surface area contributed by atoms with Gasteiger partial charge in [0.2, 0.25) is 5.95 Å². The molecule has 4 rings (SSSR count). The molecular formula is C22H20N4O2S. The molecule has 146 valence electrons. The maximum absolute atomic E-state index is 13.2. The minimum absolute atomic E-state index is 0.156. The van der Waals surface area contributed by atoms with Crippen molar-refractivity contribution < 1.29 is 8.42 Å². The van der Waals surface area contributed by atoms with E-state index in [0.717, 1.165) is 20.8 Å². The Morgan fingerprint density at radius 1 is 0.862 bits per heavy atom. The molecule has 1 aromatic heterocycles. The number of hydrogen-bond acceptors (Lipinski definition) is 5. The van der Waals surface area contributed by atoms with E-state index < -0.39 is 10.0 Å². The number of rotatable bonds is 6. The molecule has 6 nitrogen and oxygen atoms in total. The van der Waals surface area contributed by atoms with Crippen molar-refractivity contribution in [3.05, 3.63) is 96.1 Å². The van der Waals surface area contributed by atoms with E-state index in [2.05, 4.69) is 15.4 Å². The third-order valence-electron chi connectivity index (χ3n) is 4.45. The van der Waals surface area contributed by atoms with Crippen LogP contribution in [0.15, 0.2) is 89.8 Å². The van der Waals surface area contributed by atoms with Gasteiger partial charge in [0.15, 0.2) is 5.82 Å². The predicted octanol–water partition coefficient (Wildman–Crippen LogP) is 4.10. The third kappa shape index (κ3) is 4.05. The van der Waals surface area contributed by atoms with Gasteiger partial charge in [-0.15, -0.1) is 9.19 Å². The van der Waals surface area contributed by atoms with E-state index in [1.807, 2.05) is 61.5 Å². The maximum atomic E-state index is 13.2. The van der Waals surface area contributed by atoms with E-state index in [1.165, 1.54) is 0 Å². The monoisotopic (exact) mass is 404 g/mol. The van der Waals surface area contributed by atoms with Gasteiger partial charge in [0.1, 0.15) is 0 Å². The Morgan fingerprint density at radius 2 is 1.48 bits per heavy atom. The van der Waals surface area contributed by atoms with Crippen LogP contribution in [0.1, 0.15) is 11.1 Å². The highest BCUT2D eigenvalue weighted by Gasteiger charge is 2.24. The van der Waals surface area contributed by atoms with Gasteiger partial charge >= 0.3 is 0 Å². The highest BCUT2D eigenvalue weighted by atomic mass is 32.2. The largest absolute Gasteiger partial charge is 0.349 e. The maximum Gasteiger partial charge on any atom is 0.286 e. The van der Waals surface area contributed by atoms with E-state index in [4.69, 9.17) is 0 Å². The van der Waals surface area contributed by atoms with Gasteiger partial charge in [-0.05, 0) is 24.6 Å². The van der Waals surface area contributed by atoms with E-state index >= 15 is 0 Å². The molecule has 7 heteroatoms. The van der Waals surface area contributed by atoms with Crippen LogP contribution in [-0.4, -0.2) is 22.6 Å². The van der Waals surface area contributed by atoms with Gasteiger partial charge in [0, 0.05) is 12.1 Å². The molecule has 0 aliphatic heterocycles. The summed E-state index contributed by atoms with van der Waals surface area (Å²) in [5, 5.41) is 7.44. The average molecular weight is 404 g/mol. The molecule has 0 saturated carbocycles. The molecule has 0 aliphatic rings. The summed E-state index contributed by atoms with van der Waals surface area (Å²) in [5.74, 6) is 0.522. The summed E-state index contributed by atoms with van der Waals surface area (Å²) in [7, 11) is -3.89. The highest BCUT2D eigenvalue weighted by molar-refractivity contribution is 7.90. The van der Waals surface area contributed by atoms with Gasteiger partial charge in [-0.3, -0.25) is 0 Å². The van der Waals surface area contributed by atoms with Gasteiger partial charge in [0.05, 0.1) is 4.90 Å². The second-order valence-electron chi connectivity index (χ2n) is 6.63. The zero-order chi connectivity index (χ0) is 20.3.